The molecule has 5 nitrogen and oxygen atoms in total. The van der Waals surface area contributed by atoms with Crippen LogP contribution in [0.5, 0.6) is 5.75 Å². The second-order valence-corrected chi connectivity index (χ2v) is 2.95. The fourth-order valence-electron chi connectivity index (χ4n) is 1.14. The molecule has 0 heterocycles. The molecule has 0 amide bonds. The number of hydrogen-bond acceptors (Lipinski definition) is 5. The zero-order chi connectivity index (χ0) is 12.0. The Hall–Kier alpha value is -2.53. The van der Waals surface area contributed by atoms with Gasteiger partial charge >= 0.3 is 0 Å². The second-order valence-electron chi connectivity index (χ2n) is 2.95. The maximum absolute atomic E-state index is 8.53. The van der Waals surface area contributed by atoms with Gasteiger partial charge in [0.1, 0.15) is 23.6 Å². The lowest BCUT2D eigenvalue weighted by atomic mass is 10.2. The van der Waals surface area contributed by atoms with Gasteiger partial charge in [0, 0.05) is 0 Å². The molecule has 0 aliphatic heterocycles. The van der Waals surface area contributed by atoms with Gasteiger partial charge < -0.3 is 4.74 Å². The van der Waals surface area contributed by atoms with Crippen molar-refractivity contribution in [2.24, 2.45) is 5.10 Å². The summed E-state index contributed by atoms with van der Waals surface area (Å²) in [6.07, 6.45) is 0. The van der Waals surface area contributed by atoms with E-state index in [4.69, 9.17) is 15.3 Å². The molecular formula is C11H10N4O. The number of nitriles is 2. The molecule has 0 saturated heterocycles. The summed E-state index contributed by atoms with van der Waals surface area (Å²) in [4.78, 5) is 0. The molecule has 1 aromatic rings. The number of aryl methyl sites for hydroxylation is 1. The van der Waals surface area contributed by atoms with Crippen LogP contribution in [0.3, 0.4) is 0 Å². The number of rotatable bonds is 3. The lowest BCUT2D eigenvalue weighted by molar-refractivity contribution is 0.416. The van der Waals surface area contributed by atoms with Gasteiger partial charge in [-0.2, -0.15) is 15.6 Å². The number of nitrogens with one attached hydrogen (secondary N) is 1. The highest BCUT2D eigenvalue weighted by atomic mass is 16.5. The van der Waals surface area contributed by atoms with Crippen molar-refractivity contribution < 1.29 is 4.74 Å². The van der Waals surface area contributed by atoms with Crippen LogP contribution in [0.15, 0.2) is 23.3 Å². The summed E-state index contributed by atoms with van der Waals surface area (Å²) in [5, 5.41) is 20.7. The van der Waals surface area contributed by atoms with Crippen LogP contribution in [0.2, 0.25) is 0 Å². The molecule has 1 aromatic carbocycles. The first-order valence-corrected chi connectivity index (χ1v) is 4.50. The lowest BCUT2D eigenvalue weighted by Crippen LogP contribution is -2.00. The van der Waals surface area contributed by atoms with Gasteiger partial charge in [0.15, 0.2) is 0 Å². The molecule has 0 bridgehead atoms. The van der Waals surface area contributed by atoms with Gasteiger partial charge in [-0.15, -0.1) is 0 Å². The SMILES string of the molecule is COc1cccc(C)c1NN=C(C#N)C#N. The van der Waals surface area contributed by atoms with Gasteiger partial charge in [-0.3, -0.25) is 5.43 Å². The Balaban J connectivity index is 3.03. The normalized spacial score (nSPS) is 8.50. The van der Waals surface area contributed by atoms with Crippen LogP contribution in [0.25, 0.3) is 0 Å². The van der Waals surface area contributed by atoms with Crippen LogP contribution in [0.4, 0.5) is 5.69 Å². The monoisotopic (exact) mass is 214 g/mol. The summed E-state index contributed by atoms with van der Waals surface area (Å²) in [5.41, 5.74) is 3.98. The molecule has 0 saturated carbocycles. The predicted octanol–water partition coefficient (Wildman–Crippen LogP) is 1.82. The van der Waals surface area contributed by atoms with Crippen molar-refractivity contribution >= 4 is 11.4 Å². The van der Waals surface area contributed by atoms with Crippen molar-refractivity contribution in [3.63, 3.8) is 0 Å². The van der Waals surface area contributed by atoms with Crippen LogP contribution >= 0.6 is 0 Å². The first-order chi connectivity index (χ1) is 7.72. The topological polar surface area (TPSA) is 81.2 Å². The third-order valence-corrected chi connectivity index (χ3v) is 1.95. The Morgan fingerprint density at radius 2 is 2.06 bits per heavy atom. The fourth-order valence-corrected chi connectivity index (χ4v) is 1.14. The highest BCUT2D eigenvalue weighted by Crippen LogP contribution is 2.27. The van der Waals surface area contributed by atoms with Crippen molar-refractivity contribution in [2.75, 3.05) is 12.5 Å². The van der Waals surface area contributed by atoms with E-state index < -0.39 is 0 Å². The number of ether oxygens (including phenoxy) is 1. The van der Waals surface area contributed by atoms with E-state index in [-0.39, 0.29) is 5.71 Å². The second kappa shape index (κ2) is 5.38. The summed E-state index contributed by atoms with van der Waals surface area (Å²) in [6.45, 7) is 1.87. The van der Waals surface area contributed by atoms with Crippen LogP contribution in [-0.2, 0) is 0 Å². The molecule has 0 radical (unpaired) electrons. The molecule has 0 aromatic heterocycles. The third kappa shape index (κ3) is 2.49. The zero-order valence-corrected chi connectivity index (χ0v) is 8.98. The minimum atomic E-state index is -0.231. The molecule has 1 N–H and O–H groups in total. The molecule has 80 valence electrons. The summed E-state index contributed by atoms with van der Waals surface area (Å²) < 4.78 is 5.13. The summed E-state index contributed by atoms with van der Waals surface area (Å²) in [5.74, 6) is 0.610. The zero-order valence-electron chi connectivity index (χ0n) is 8.98. The average molecular weight is 214 g/mol. The van der Waals surface area contributed by atoms with E-state index in [1.54, 1.807) is 25.3 Å². The van der Waals surface area contributed by atoms with Gasteiger partial charge in [0.05, 0.1) is 7.11 Å². The molecule has 0 spiro atoms. The van der Waals surface area contributed by atoms with Crippen LogP contribution < -0.4 is 10.2 Å². The number of nitrogens with zero attached hydrogens (tertiary/aromatic N) is 3. The summed E-state index contributed by atoms with van der Waals surface area (Å²) in [6, 6.07) is 8.82. The van der Waals surface area contributed by atoms with Crippen molar-refractivity contribution in [2.45, 2.75) is 6.92 Å². The highest BCUT2D eigenvalue weighted by molar-refractivity contribution is 6.10. The van der Waals surface area contributed by atoms with Crippen LogP contribution in [0, 0.1) is 29.6 Å². The first kappa shape index (κ1) is 11.5. The quantitative estimate of drug-likeness (QED) is 0.614. The first-order valence-electron chi connectivity index (χ1n) is 4.50. The molecule has 0 aliphatic carbocycles. The molecule has 16 heavy (non-hydrogen) atoms. The Bertz CT molecular complexity index is 478. The van der Waals surface area contributed by atoms with E-state index >= 15 is 0 Å². The van der Waals surface area contributed by atoms with E-state index in [0.717, 1.165) is 5.56 Å². The number of hydrazone groups is 1. The molecule has 0 atom stereocenters. The van der Waals surface area contributed by atoms with Crippen LogP contribution in [0.1, 0.15) is 5.56 Å². The maximum atomic E-state index is 8.53. The van der Waals surface area contributed by atoms with Crippen molar-refractivity contribution in [1.29, 1.82) is 10.5 Å². The van der Waals surface area contributed by atoms with E-state index in [1.165, 1.54) is 0 Å². The molecule has 0 fully saturated rings. The fraction of sp³-hybridized carbons (Fsp3) is 0.182. The molecular weight excluding hydrogens is 204 g/mol. The Labute approximate surface area is 93.6 Å². The number of methoxy groups -OCH3 is 1. The number of benzene rings is 1. The Morgan fingerprint density at radius 1 is 1.38 bits per heavy atom. The van der Waals surface area contributed by atoms with Crippen molar-refractivity contribution in [1.82, 2.24) is 0 Å². The van der Waals surface area contributed by atoms with Crippen LogP contribution in [-0.4, -0.2) is 12.8 Å². The summed E-state index contributed by atoms with van der Waals surface area (Å²) in [7, 11) is 1.54. The predicted molar refractivity (Wildman–Crippen MR) is 60.0 cm³/mol. The minimum absolute atomic E-state index is 0.231. The lowest BCUT2D eigenvalue weighted by Gasteiger charge is -2.09. The number of hydrogen-bond donors (Lipinski definition) is 1. The van der Waals surface area contributed by atoms with E-state index in [0.29, 0.717) is 11.4 Å². The average Bonchev–Trinajstić information content (AvgIpc) is 2.31. The highest BCUT2D eigenvalue weighted by Gasteiger charge is 2.04. The largest absolute Gasteiger partial charge is 0.495 e. The van der Waals surface area contributed by atoms with E-state index in [2.05, 4.69) is 10.5 Å². The van der Waals surface area contributed by atoms with Gasteiger partial charge in [-0.1, -0.05) is 12.1 Å². The third-order valence-electron chi connectivity index (χ3n) is 1.95. The van der Waals surface area contributed by atoms with E-state index in [9.17, 15) is 0 Å². The van der Waals surface area contributed by atoms with Gasteiger partial charge in [0.25, 0.3) is 0 Å². The summed E-state index contributed by atoms with van der Waals surface area (Å²) >= 11 is 0. The standard InChI is InChI=1S/C11H10N4O/c1-8-4-3-5-10(16-2)11(8)15-14-9(6-12)7-13/h3-5,15H,1-2H3. The number of para-hydroxylation sites is 1. The van der Waals surface area contributed by atoms with E-state index in [1.807, 2.05) is 19.1 Å². The van der Waals surface area contributed by atoms with Crippen molar-refractivity contribution in [3.05, 3.63) is 23.8 Å². The Morgan fingerprint density at radius 3 is 2.62 bits per heavy atom. The number of anilines is 1. The maximum Gasteiger partial charge on any atom is 0.237 e. The van der Waals surface area contributed by atoms with Gasteiger partial charge in [-0.05, 0) is 18.6 Å². The van der Waals surface area contributed by atoms with Crippen molar-refractivity contribution in [3.8, 4) is 17.9 Å². The van der Waals surface area contributed by atoms with Gasteiger partial charge in [-0.25, -0.2) is 0 Å². The smallest absolute Gasteiger partial charge is 0.237 e. The molecule has 5 heteroatoms. The molecule has 0 unspecified atom stereocenters. The van der Waals surface area contributed by atoms with Gasteiger partial charge in [0.2, 0.25) is 5.71 Å². The Kier molecular flexibility index (Phi) is 3.88. The molecule has 0 aliphatic rings. The minimum Gasteiger partial charge on any atom is -0.495 e. The molecule has 1 rings (SSSR count).